The van der Waals surface area contributed by atoms with Crippen molar-refractivity contribution in [1.82, 2.24) is 15.1 Å². The van der Waals surface area contributed by atoms with E-state index in [0.717, 1.165) is 28.1 Å². The van der Waals surface area contributed by atoms with E-state index in [2.05, 4.69) is 10.4 Å². The number of carbonyl (C=O) groups excluding carboxylic acids is 1. The molecule has 3 rings (SSSR count). The fourth-order valence-corrected chi connectivity index (χ4v) is 2.64. The second-order valence-electron chi connectivity index (χ2n) is 6.37. The van der Waals surface area contributed by atoms with Crippen LogP contribution < -0.4 is 10.1 Å². The predicted molar refractivity (Wildman–Crippen MR) is 101 cm³/mol. The highest BCUT2D eigenvalue weighted by atomic mass is 16.5. The quantitative estimate of drug-likeness (QED) is 0.740. The number of ether oxygens (including phenoxy) is 1. The molecule has 0 aliphatic carbocycles. The summed E-state index contributed by atoms with van der Waals surface area (Å²) < 4.78 is 7.62. The van der Waals surface area contributed by atoms with Gasteiger partial charge in [0.2, 0.25) is 0 Å². The van der Waals surface area contributed by atoms with E-state index in [0.29, 0.717) is 6.54 Å². The van der Waals surface area contributed by atoms with E-state index >= 15 is 0 Å². The Hall–Kier alpha value is -3.08. The van der Waals surface area contributed by atoms with E-state index in [9.17, 15) is 4.79 Å². The van der Waals surface area contributed by atoms with Crippen LogP contribution in [0.1, 0.15) is 23.6 Å². The highest BCUT2D eigenvalue weighted by molar-refractivity contribution is 5.80. The van der Waals surface area contributed by atoms with Crippen LogP contribution in [-0.2, 0) is 11.3 Å². The van der Waals surface area contributed by atoms with Crippen molar-refractivity contribution in [1.29, 1.82) is 0 Å². The van der Waals surface area contributed by atoms with Crippen LogP contribution in [0.15, 0.2) is 60.9 Å². The Kier molecular flexibility index (Phi) is 5.37. The van der Waals surface area contributed by atoms with Gasteiger partial charge in [0.1, 0.15) is 5.75 Å². The van der Waals surface area contributed by atoms with Gasteiger partial charge in [-0.1, -0.05) is 24.3 Å². The lowest BCUT2D eigenvalue weighted by molar-refractivity contribution is -0.127. The smallest absolute Gasteiger partial charge is 0.261 e. The number of nitrogens with one attached hydrogen (secondary N) is 1. The summed E-state index contributed by atoms with van der Waals surface area (Å²) in [5.74, 6) is 0.601. The molecule has 26 heavy (non-hydrogen) atoms. The number of carbonyl (C=O) groups is 1. The largest absolute Gasteiger partial charge is 0.481 e. The van der Waals surface area contributed by atoms with E-state index in [-0.39, 0.29) is 5.91 Å². The Morgan fingerprint density at radius 2 is 2.04 bits per heavy atom. The maximum atomic E-state index is 12.4. The molecule has 0 saturated carbocycles. The van der Waals surface area contributed by atoms with Crippen LogP contribution in [0, 0.1) is 13.8 Å². The predicted octanol–water partition coefficient (Wildman–Crippen LogP) is 3.57. The molecule has 1 heterocycles. The number of amides is 1. The van der Waals surface area contributed by atoms with Crippen molar-refractivity contribution in [2.75, 3.05) is 0 Å². The van der Waals surface area contributed by atoms with Crippen molar-refractivity contribution in [3.05, 3.63) is 77.6 Å². The first kappa shape index (κ1) is 17.7. The molecule has 0 bridgehead atoms. The van der Waals surface area contributed by atoms with Gasteiger partial charge in [0.05, 0.1) is 5.69 Å². The van der Waals surface area contributed by atoms with Crippen LogP contribution in [-0.4, -0.2) is 21.8 Å². The van der Waals surface area contributed by atoms with Gasteiger partial charge in [-0.3, -0.25) is 4.79 Å². The number of hydrogen-bond donors (Lipinski definition) is 1. The van der Waals surface area contributed by atoms with Gasteiger partial charge in [0.15, 0.2) is 6.10 Å². The lowest BCUT2D eigenvalue weighted by Crippen LogP contribution is -2.36. The number of aromatic nitrogens is 2. The lowest BCUT2D eigenvalue weighted by Gasteiger charge is -2.17. The molecular weight excluding hydrogens is 326 g/mol. The Morgan fingerprint density at radius 3 is 2.81 bits per heavy atom. The first-order chi connectivity index (χ1) is 12.5. The fourth-order valence-electron chi connectivity index (χ4n) is 2.64. The molecule has 3 aromatic rings. The van der Waals surface area contributed by atoms with E-state index in [1.165, 1.54) is 0 Å². The molecule has 0 unspecified atom stereocenters. The molecule has 5 nitrogen and oxygen atoms in total. The van der Waals surface area contributed by atoms with Crippen molar-refractivity contribution in [3.63, 3.8) is 0 Å². The maximum Gasteiger partial charge on any atom is 0.261 e. The zero-order valence-electron chi connectivity index (χ0n) is 15.3. The molecule has 0 radical (unpaired) electrons. The fraction of sp³-hybridized carbons (Fsp3) is 0.238. The summed E-state index contributed by atoms with van der Waals surface area (Å²) in [6.45, 7) is 6.18. The number of aryl methyl sites for hydroxylation is 2. The van der Waals surface area contributed by atoms with Crippen LogP contribution >= 0.6 is 0 Å². The third-order valence-corrected chi connectivity index (χ3v) is 4.16. The molecule has 0 aliphatic rings. The molecule has 0 saturated heterocycles. The van der Waals surface area contributed by atoms with Crippen molar-refractivity contribution in [2.45, 2.75) is 33.4 Å². The van der Waals surface area contributed by atoms with Crippen LogP contribution in [0.4, 0.5) is 0 Å². The minimum atomic E-state index is -0.565. The number of nitrogens with zero attached hydrogens (tertiary/aromatic N) is 2. The SMILES string of the molecule is Cc1ccc(C)c(O[C@@H](C)C(=O)NCc2cccc(-n3cccn3)c2)c1. The number of benzene rings is 2. The van der Waals surface area contributed by atoms with Crippen LogP contribution in [0.3, 0.4) is 0 Å². The van der Waals surface area contributed by atoms with E-state index in [1.54, 1.807) is 17.8 Å². The van der Waals surface area contributed by atoms with Crippen LogP contribution in [0.2, 0.25) is 0 Å². The van der Waals surface area contributed by atoms with E-state index in [4.69, 9.17) is 4.74 Å². The van der Waals surface area contributed by atoms with Gasteiger partial charge in [-0.25, -0.2) is 4.68 Å². The molecule has 1 atom stereocenters. The van der Waals surface area contributed by atoms with Crippen LogP contribution in [0.5, 0.6) is 5.75 Å². The van der Waals surface area contributed by atoms with Gasteiger partial charge >= 0.3 is 0 Å². The zero-order valence-corrected chi connectivity index (χ0v) is 15.3. The molecule has 1 aromatic heterocycles. The maximum absolute atomic E-state index is 12.4. The molecule has 1 amide bonds. The molecule has 0 spiro atoms. The topological polar surface area (TPSA) is 56.1 Å². The second-order valence-corrected chi connectivity index (χ2v) is 6.37. The molecule has 0 aliphatic heterocycles. The Balaban J connectivity index is 1.60. The summed E-state index contributed by atoms with van der Waals surface area (Å²) in [6.07, 6.45) is 3.06. The van der Waals surface area contributed by atoms with Gasteiger partial charge in [-0.05, 0) is 61.7 Å². The van der Waals surface area contributed by atoms with Crippen molar-refractivity contribution in [3.8, 4) is 11.4 Å². The number of hydrogen-bond acceptors (Lipinski definition) is 3. The highest BCUT2D eigenvalue weighted by Crippen LogP contribution is 2.20. The minimum absolute atomic E-state index is 0.143. The minimum Gasteiger partial charge on any atom is -0.481 e. The first-order valence-corrected chi connectivity index (χ1v) is 8.63. The van der Waals surface area contributed by atoms with Crippen molar-refractivity contribution < 1.29 is 9.53 Å². The third kappa shape index (κ3) is 4.30. The van der Waals surface area contributed by atoms with Gasteiger partial charge in [-0.15, -0.1) is 0 Å². The molecular formula is C21H23N3O2. The lowest BCUT2D eigenvalue weighted by atomic mass is 10.1. The normalized spacial score (nSPS) is 11.8. The van der Waals surface area contributed by atoms with Gasteiger partial charge in [0, 0.05) is 18.9 Å². The summed E-state index contributed by atoms with van der Waals surface area (Å²) in [5.41, 5.74) is 4.09. The average molecular weight is 349 g/mol. The summed E-state index contributed by atoms with van der Waals surface area (Å²) in [5, 5.41) is 7.15. The Morgan fingerprint density at radius 1 is 1.19 bits per heavy atom. The van der Waals surface area contributed by atoms with Crippen molar-refractivity contribution >= 4 is 5.91 Å². The van der Waals surface area contributed by atoms with Crippen molar-refractivity contribution in [2.24, 2.45) is 0 Å². The first-order valence-electron chi connectivity index (χ1n) is 8.63. The second kappa shape index (κ2) is 7.87. The molecule has 5 heteroatoms. The molecule has 0 fully saturated rings. The standard InChI is InChI=1S/C21H23N3O2/c1-15-8-9-16(2)20(12-15)26-17(3)21(25)22-14-18-6-4-7-19(13-18)24-11-5-10-23-24/h4-13,17H,14H2,1-3H3,(H,22,25)/t17-/m0/s1. The van der Waals surface area contributed by atoms with Gasteiger partial charge < -0.3 is 10.1 Å². The summed E-state index contributed by atoms with van der Waals surface area (Å²) >= 11 is 0. The zero-order chi connectivity index (χ0) is 18.5. The monoisotopic (exact) mass is 349 g/mol. The molecule has 134 valence electrons. The Labute approximate surface area is 153 Å². The number of rotatable bonds is 6. The third-order valence-electron chi connectivity index (χ3n) is 4.16. The van der Waals surface area contributed by atoms with Gasteiger partial charge in [-0.2, -0.15) is 5.10 Å². The Bertz CT molecular complexity index is 888. The molecule has 1 N–H and O–H groups in total. The summed E-state index contributed by atoms with van der Waals surface area (Å²) in [7, 11) is 0. The molecule has 2 aromatic carbocycles. The van der Waals surface area contributed by atoms with Crippen LogP contribution in [0.25, 0.3) is 5.69 Å². The van der Waals surface area contributed by atoms with E-state index in [1.807, 2.05) is 68.6 Å². The summed E-state index contributed by atoms with van der Waals surface area (Å²) in [6, 6.07) is 15.8. The highest BCUT2D eigenvalue weighted by Gasteiger charge is 2.15. The van der Waals surface area contributed by atoms with E-state index < -0.39 is 6.10 Å². The average Bonchev–Trinajstić information content (AvgIpc) is 3.17. The van der Waals surface area contributed by atoms with Gasteiger partial charge in [0.25, 0.3) is 5.91 Å². The summed E-state index contributed by atoms with van der Waals surface area (Å²) in [4.78, 5) is 12.4.